The van der Waals surface area contributed by atoms with Crippen LogP contribution in [0.15, 0.2) is 81.6 Å². The molecule has 1 fully saturated rings. The molecule has 0 aliphatic carbocycles. The van der Waals surface area contributed by atoms with Crippen LogP contribution in [0.3, 0.4) is 0 Å². The number of oxazole rings is 1. The van der Waals surface area contributed by atoms with Crippen molar-refractivity contribution >= 4 is 17.0 Å². The summed E-state index contributed by atoms with van der Waals surface area (Å²) in [5.41, 5.74) is 7.11. The number of hydrogen-bond acceptors (Lipinski definition) is 8. The van der Waals surface area contributed by atoms with Crippen molar-refractivity contribution in [1.82, 2.24) is 25.0 Å². The average molecular weight is 563 g/mol. The van der Waals surface area contributed by atoms with E-state index >= 15 is 0 Å². The van der Waals surface area contributed by atoms with Crippen LogP contribution in [0.1, 0.15) is 39.3 Å². The molecule has 0 radical (unpaired) electrons. The van der Waals surface area contributed by atoms with Crippen LogP contribution in [0.25, 0.3) is 22.6 Å². The van der Waals surface area contributed by atoms with Crippen molar-refractivity contribution in [3.63, 3.8) is 0 Å². The first-order valence-corrected chi connectivity index (χ1v) is 13.0. The van der Waals surface area contributed by atoms with Crippen LogP contribution in [-0.4, -0.2) is 57.1 Å². The zero-order chi connectivity index (χ0) is 28.6. The minimum atomic E-state index is -4.48. The van der Waals surface area contributed by atoms with E-state index in [4.69, 9.17) is 14.6 Å². The van der Waals surface area contributed by atoms with E-state index in [0.29, 0.717) is 49.1 Å². The Kier molecular flexibility index (Phi) is 7.01. The monoisotopic (exact) mass is 562 g/mol. The highest BCUT2D eigenvalue weighted by Gasteiger charge is 2.33. The van der Waals surface area contributed by atoms with E-state index in [1.807, 2.05) is 30.3 Å². The zero-order valence-corrected chi connectivity index (χ0v) is 21.7. The Morgan fingerprint density at radius 3 is 2.41 bits per heavy atom. The normalized spacial score (nSPS) is 15.4. The van der Waals surface area contributed by atoms with E-state index in [1.165, 1.54) is 6.07 Å². The highest BCUT2D eigenvalue weighted by molar-refractivity contribution is 5.95. The van der Waals surface area contributed by atoms with E-state index in [1.54, 1.807) is 29.2 Å². The van der Waals surface area contributed by atoms with Crippen molar-refractivity contribution in [2.75, 3.05) is 26.2 Å². The maximum atomic E-state index is 13.4. The Morgan fingerprint density at radius 2 is 1.71 bits per heavy atom. The Labute approximate surface area is 232 Å². The van der Waals surface area contributed by atoms with Gasteiger partial charge in [-0.1, -0.05) is 36.4 Å². The lowest BCUT2D eigenvalue weighted by Crippen LogP contribution is -2.50. The molecule has 210 valence electrons. The van der Waals surface area contributed by atoms with Gasteiger partial charge in [0.25, 0.3) is 5.91 Å². The number of hydrogen-bond donors (Lipinski definition) is 1. The Bertz CT molecular complexity index is 1680. The molecule has 2 N–H and O–H groups in total. The number of carbonyl (C=O) groups excluding carboxylic acids is 1. The highest BCUT2D eigenvalue weighted by Crippen LogP contribution is 2.33. The lowest BCUT2D eigenvalue weighted by atomic mass is 10.0. The summed E-state index contributed by atoms with van der Waals surface area (Å²) in [5, 5.41) is 8.25. The highest BCUT2D eigenvalue weighted by atomic mass is 19.4. The molecule has 1 saturated heterocycles. The average Bonchev–Trinajstić information content (AvgIpc) is 3.65. The van der Waals surface area contributed by atoms with Gasteiger partial charge in [0.15, 0.2) is 5.58 Å². The summed E-state index contributed by atoms with van der Waals surface area (Å²) in [6.07, 6.45) is -4.48. The van der Waals surface area contributed by atoms with Crippen molar-refractivity contribution in [3.05, 3.63) is 101 Å². The third kappa shape index (κ3) is 5.43. The van der Waals surface area contributed by atoms with Gasteiger partial charge in [0.1, 0.15) is 11.6 Å². The van der Waals surface area contributed by atoms with Gasteiger partial charge in [-0.2, -0.15) is 13.2 Å². The molecule has 1 unspecified atom stereocenters. The number of fused-ring (bicyclic) bond motifs is 1. The fourth-order valence-electron chi connectivity index (χ4n) is 4.98. The molecule has 41 heavy (non-hydrogen) atoms. The molecule has 0 spiro atoms. The van der Waals surface area contributed by atoms with Crippen LogP contribution in [0, 0.1) is 0 Å². The van der Waals surface area contributed by atoms with Gasteiger partial charge >= 0.3 is 6.18 Å². The number of amides is 1. The van der Waals surface area contributed by atoms with Crippen LogP contribution in [-0.2, 0) is 12.7 Å². The van der Waals surface area contributed by atoms with Gasteiger partial charge in [-0.25, -0.2) is 4.98 Å². The van der Waals surface area contributed by atoms with E-state index in [2.05, 4.69) is 20.1 Å². The number of halogens is 3. The summed E-state index contributed by atoms with van der Waals surface area (Å²) in [5.74, 6) is 0.779. The molecule has 2 aromatic heterocycles. The van der Waals surface area contributed by atoms with Crippen LogP contribution in [0.5, 0.6) is 0 Å². The van der Waals surface area contributed by atoms with Crippen molar-refractivity contribution in [3.8, 4) is 11.5 Å². The predicted molar refractivity (Wildman–Crippen MR) is 142 cm³/mol. The third-order valence-electron chi connectivity index (χ3n) is 7.04. The smallest absolute Gasteiger partial charge is 0.416 e. The molecule has 1 aliphatic rings. The third-order valence-corrected chi connectivity index (χ3v) is 7.04. The van der Waals surface area contributed by atoms with Gasteiger partial charge in [-0.3, -0.25) is 9.69 Å². The first kappa shape index (κ1) is 26.7. The van der Waals surface area contributed by atoms with E-state index in [-0.39, 0.29) is 35.5 Å². The SMILES string of the molecule is NCc1nnc(C(c2ccccc2)N2CCN(C(=O)c3cccc(-c4nc5cc(C(F)(F)F)ccc5o4)c3)CC2)o1. The molecule has 3 heterocycles. The zero-order valence-electron chi connectivity index (χ0n) is 21.7. The second kappa shape index (κ2) is 10.8. The number of alkyl halides is 3. The van der Waals surface area contributed by atoms with Gasteiger partial charge in [-0.15, -0.1) is 10.2 Å². The van der Waals surface area contributed by atoms with Gasteiger partial charge in [-0.05, 0) is 42.0 Å². The predicted octanol–water partition coefficient (Wildman–Crippen LogP) is 4.90. The molecule has 6 rings (SSSR count). The quantitative estimate of drug-likeness (QED) is 0.311. The van der Waals surface area contributed by atoms with Gasteiger partial charge in [0.2, 0.25) is 17.7 Å². The fourth-order valence-corrected chi connectivity index (χ4v) is 4.98. The van der Waals surface area contributed by atoms with Crippen molar-refractivity contribution in [2.45, 2.75) is 18.8 Å². The fraction of sp³-hybridized carbons (Fsp3) is 0.241. The standard InChI is InChI=1S/C29H25F3N6O3/c30-29(31,32)21-9-10-23-22(16-21)34-26(40-23)19-7-4-8-20(15-19)28(39)38-13-11-37(12-14-38)25(18-5-2-1-3-6-18)27-36-35-24(17-33)41-27/h1-10,15-16,25H,11-14,17,33H2. The molecule has 0 saturated carbocycles. The molecule has 3 aromatic carbocycles. The first-order valence-electron chi connectivity index (χ1n) is 13.0. The minimum absolute atomic E-state index is 0.0930. The molecule has 5 aromatic rings. The van der Waals surface area contributed by atoms with Crippen molar-refractivity contribution < 1.29 is 26.8 Å². The van der Waals surface area contributed by atoms with Gasteiger partial charge in [0.05, 0.1) is 12.1 Å². The summed E-state index contributed by atoms with van der Waals surface area (Å²) in [6, 6.07) is 19.4. The molecule has 1 aliphatic heterocycles. The number of nitrogens with zero attached hydrogens (tertiary/aromatic N) is 5. The van der Waals surface area contributed by atoms with Crippen molar-refractivity contribution in [1.29, 1.82) is 0 Å². The Balaban J connectivity index is 1.18. The number of benzene rings is 3. The number of nitrogens with two attached hydrogens (primary N) is 1. The summed E-state index contributed by atoms with van der Waals surface area (Å²) < 4.78 is 50.8. The molecular formula is C29H25F3N6O3. The lowest BCUT2D eigenvalue weighted by molar-refractivity contribution is -0.137. The van der Waals surface area contributed by atoms with Crippen LogP contribution in [0.2, 0.25) is 0 Å². The van der Waals surface area contributed by atoms with E-state index < -0.39 is 11.7 Å². The maximum Gasteiger partial charge on any atom is 0.416 e. The largest absolute Gasteiger partial charge is 0.436 e. The second-order valence-corrected chi connectivity index (χ2v) is 9.66. The number of carbonyl (C=O) groups is 1. The summed E-state index contributed by atoms with van der Waals surface area (Å²) in [6.45, 7) is 2.21. The summed E-state index contributed by atoms with van der Waals surface area (Å²) >= 11 is 0. The van der Waals surface area contributed by atoms with E-state index in [9.17, 15) is 18.0 Å². The Hall–Kier alpha value is -4.55. The first-order chi connectivity index (χ1) is 19.8. The molecule has 9 nitrogen and oxygen atoms in total. The minimum Gasteiger partial charge on any atom is -0.436 e. The second-order valence-electron chi connectivity index (χ2n) is 9.66. The van der Waals surface area contributed by atoms with Crippen LogP contribution >= 0.6 is 0 Å². The molecule has 12 heteroatoms. The van der Waals surface area contributed by atoms with Gasteiger partial charge < -0.3 is 19.5 Å². The molecule has 0 bridgehead atoms. The van der Waals surface area contributed by atoms with Crippen LogP contribution < -0.4 is 5.73 Å². The summed E-state index contributed by atoms with van der Waals surface area (Å²) in [7, 11) is 0. The number of rotatable bonds is 6. The van der Waals surface area contributed by atoms with Gasteiger partial charge in [0, 0.05) is 37.3 Å². The van der Waals surface area contributed by atoms with Crippen LogP contribution in [0.4, 0.5) is 13.2 Å². The number of aromatic nitrogens is 3. The lowest BCUT2D eigenvalue weighted by Gasteiger charge is -2.38. The molecule has 1 amide bonds. The molecular weight excluding hydrogens is 537 g/mol. The van der Waals surface area contributed by atoms with Crippen molar-refractivity contribution in [2.24, 2.45) is 5.73 Å². The maximum absolute atomic E-state index is 13.4. The van der Waals surface area contributed by atoms with E-state index in [0.717, 1.165) is 17.7 Å². The Morgan fingerprint density at radius 1 is 0.927 bits per heavy atom. The number of piperazine rings is 1. The topological polar surface area (TPSA) is 115 Å². The summed E-state index contributed by atoms with van der Waals surface area (Å²) in [4.78, 5) is 21.6. The molecule has 1 atom stereocenters.